The van der Waals surface area contributed by atoms with E-state index in [0.717, 1.165) is 25.9 Å². The van der Waals surface area contributed by atoms with Crippen molar-refractivity contribution in [1.29, 1.82) is 0 Å². The fraction of sp³-hybridized carbons (Fsp3) is 0.471. The first-order valence-corrected chi connectivity index (χ1v) is 8.07. The minimum Gasteiger partial charge on any atom is -0.466 e. The number of nitrogens with one attached hydrogen (secondary N) is 1. The van der Waals surface area contributed by atoms with Gasteiger partial charge in [0.2, 0.25) is 0 Å². The second kappa shape index (κ2) is 6.50. The van der Waals surface area contributed by atoms with Crippen molar-refractivity contribution in [3.05, 3.63) is 29.8 Å². The third kappa shape index (κ3) is 2.99. The summed E-state index contributed by atoms with van der Waals surface area (Å²) >= 11 is 0. The second-order valence-electron chi connectivity index (χ2n) is 6.01. The van der Waals surface area contributed by atoms with Crippen molar-refractivity contribution >= 4 is 23.3 Å². The molecular weight excluding hydrogens is 296 g/mol. The van der Waals surface area contributed by atoms with Crippen LogP contribution in [0.15, 0.2) is 24.3 Å². The number of carbonyl (C=O) groups excluding carboxylic acids is 3. The highest BCUT2D eigenvalue weighted by Crippen LogP contribution is 2.27. The Morgan fingerprint density at radius 3 is 2.65 bits per heavy atom. The molecule has 0 saturated carbocycles. The number of carbonyl (C=O) groups is 3. The maximum atomic E-state index is 12.2. The van der Waals surface area contributed by atoms with Crippen LogP contribution in [-0.4, -0.2) is 44.0 Å². The number of likely N-dealkylation sites (tertiary alicyclic amines) is 1. The van der Waals surface area contributed by atoms with Crippen LogP contribution in [0.5, 0.6) is 0 Å². The largest absolute Gasteiger partial charge is 0.466 e. The van der Waals surface area contributed by atoms with Crippen molar-refractivity contribution in [2.45, 2.75) is 19.8 Å². The molecule has 0 bridgehead atoms. The Morgan fingerprint density at radius 2 is 1.96 bits per heavy atom. The molecule has 3 rings (SSSR count). The quantitative estimate of drug-likeness (QED) is 0.628. The molecule has 6 nitrogen and oxygen atoms in total. The lowest BCUT2D eigenvalue weighted by Crippen LogP contribution is -3.14. The zero-order chi connectivity index (χ0) is 16.4. The normalized spacial score (nSPS) is 23.8. The van der Waals surface area contributed by atoms with E-state index in [1.54, 1.807) is 17.0 Å². The van der Waals surface area contributed by atoms with Gasteiger partial charge in [-0.1, -0.05) is 12.1 Å². The van der Waals surface area contributed by atoms with Crippen molar-refractivity contribution in [3.63, 3.8) is 0 Å². The monoisotopic (exact) mass is 317 g/mol. The fourth-order valence-electron chi connectivity index (χ4n) is 3.31. The number of hydrogen-bond acceptors (Lipinski definition) is 4. The highest BCUT2D eigenvalue weighted by molar-refractivity contribution is 6.52. The second-order valence-corrected chi connectivity index (χ2v) is 6.01. The molecule has 0 atom stereocenters. The Labute approximate surface area is 135 Å². The van der Waals surface area contributed by atoms with E-state index in [9.17, 15) is 14.4 Å². The van der Waals surface area contributed by atoms with Crippen molar-refractivity contribution in [3.8, 4) is 0 Å². The van der Waals surface area contributed by atoms with Crippen LogP contribution in [0.2, 0.25) is 0 Å². The van der Waals surface area contributed by atoms with E-state index < -0.39 is 11.7 Å². The third-order valence-electron chi connectivity index (χ3n) is 4.57. The number of quaternary nitrogens is 1. The predicted molar refractivity (Wildman–Crippen MR) is 83.2 cm³/mol. The standard InChI is InChI=1S/C17H20N2O4/c1-2-23-17(22)12-7-9-18(10-8-12)11-19-14-6-4-3-5-13(14)15(20)16(19)21/h3-6,12H,2,7-11H2,1H3/p+1. The van der Waals surface area contributed by atoms with Gasteiger partial charge in [0.1, 0.15) is 0 Å². The number of amides is 1. The summed E-state index contributed by atoms with van der Waals surface area (Å²) in [7, 11) is 0. The molecule has 0 aromatic heterocycles. The van der Waals surface area contributed by atoms with Crippen LogP contribution in [0.4, 0.5) is 5.69 Å². The van der Waals surface area contributed by atoms with E-state index >= 15 is 0 Å². The summed E-state index contributed by atoms with van der Waals surface area (Å²) in [6, 6.07) is 7.10. The summed E-state index contributed by atoms with van der Waals surface area (Å²) < 4.78 is 5.07. The van der Waals surface area contributed by atoms with Crippen molar-refractivity contribution in [2.75, 3.05) is 31.3 Å². The highest BCUT2D eigenvalue weighted by Gasteiger charge is 2.38. The average molecular weight is 317 g/mol. The number of benzene rings is 1. The molecule has 0 unspecified atom stereocenters. The number of Topliss-reactive ketones (excluding diaryl/α,β-unsaturated/α-hetero) is 1. The topological polar surface area (TPSA) is 68.1 Å². The average Bonchev–Trinajstić information content (AvgIpc) is 2.81. The van der Waals surface area contributed by atoms with Gasteiger partial charge < -0.3 is 9.64 Å². The van der Waals surface area contributed by atoms with Crippen LogP contribution in [0.1, 0.15) is 30.1 Å². The van der Waals surface area contributed by atoms with E-state index in [1.165, 1.54) is 4.90 Å². The number of piperidine rings is 1. The van der Waals surface area contributed by atoms with Gasteiger partial charge in [-0.05, 0) is 19.1 Å². The smallest absolute Gasteiger partial charge is 0.309 e. The first kappa shape index (κ1) is 15.7. The molecule has 0 radical (unpaired) electrons. The molecule has 122 valence electrons. The number of para-hydroxylation sites is 1. The van der Waals surface area contributed by atoms with Crippen LogP contribution >= 0.6 is 0 Å². The highest BCUT2D eigenvalue weighted by atomic mass is 16.5. The molecular formula is C17H21N2O4+. The summed E-state index contributed by atoms with van der Waals surface area (Å²) in [5.74, 6) is -1.04. The Bertz CT molecular complexity index is 635. The van der Waals surface area contributed by atoms with Gasteiger partial charge in [0, 0.05) is 12.8 Å². The van der Waals surface area contributed by atoms with Gasteiger partial charge in [-0.2, -0.15) is 0 Å². The lowest BCUT2D eigenvalue weighted by atomic mass is 9.97. The van der Waals surface area contributed by atoms with E-state index in [0.29, 0.717) is 24.5 Å². The maximum absolute atomic E-state index is 12.2. The van der Waals surface area contributed by atoms with Crippen LogP contribution in [0.25, 0.3) is 0 Å². The summed E-state index contributed by atoms with van der Waals surface area (Å²) in [5, 5.41) is 0. The minimum absolute atomic E-state index is 0.0399. The fourth-order valence-corrected chi connectivity index (χ4v) is 3.31. The van der Waals surface area contributed by atoms with E-state index in [-0.39, 0.29) is 11.9 Å². The first-order valence-electron chi connectivity index (χ1n) is 8.07. The number of hydrogen-bond donors (Lipinski definition) is 1. The van der Waals surface area contributed by atoms with Crippen LogP contribution in [0.3, 0.4) is 0 Å². The molecule has 1 aromatic rings. The number of ketones is 1. The van der Waals surface area contributed by atoms with Gasteiger partial charge in [-0.15, -0.1) is 0 Å². The van der Waals surface area contributed by atoms with E-state index in [4.69, 9.17) is 4.74 Å². The summed E-state index contributed by atoms with van der Waals surface area (Å²) in [4.78, 5) is 38.7. The van der Waals surface area contributed by atoms with Crippen LogP contribution in [-0.2, 0) is 14.3 Å². The molecule has 6 heteroatoms. The number of anilines is 1. The number of ether oxygens (including phenoxy) is 1. The molecule has 2 aliphatic heterocycles. The van der Waals surface area contributed by atoms with Crippen molar-refractivity contribution in [2.24, 2.45) is 5.92 Å². The van der Waals surface area contributed by atoms with Crippen molar-refractivity contribution < 1.29 is 24.0 Å². The van der Waals surface area contributed by atoms with E-state index in [1.807, 2.05) is 19.1 Å². The Balaban J connectivity index is 1.62. The number of fused-ring (bicyclic) bond motifs is 1. The van der Waals surface area contributed by atoms with E-state index in [2.05, 4.69) is 0 Å². The molecule has 2 heterocycles. The summed E-state index contributed by atoms with van der Waals surface area (Å²) in [6.45, 7) is 4.28. The molecule has 1 amide bonds. The van der Waals surface area contributed by atoms with Gasteiger partial charge >= 0.3 is 11.9 Å². The maximum Gasteiger partial charge on any atom is 0.309 e. The van der Waals surface area contributed by atoms with Gasteiger partial charge in [-0.25, -0.2) is 0 Å². The number of nitrogens with zero attached hydrogens (tertiary/aromatic N) is 1. The van der Waals surface area contributed by atoms with Gasteiger partial charge in [-0.3, -0.25) is 19.3 Å². The number of rotatable bonds is 4. The SMILES string of the molecule is CCOC(=O)C1CC[NH+](CN2C(=O)C(=O)c3ccccc32)CC1. The molecule has 0 spiro atoms. The summed E-state index contributed by atoms with van der Waals surface area (Å²) in [5.41, 5.74) is 1.18. The summed E-state index contributed by atoms with van der Waals surface area (Å²) in [6.07, 6.45) is 1.51. The van der Waals surface area contributed by atoms with Gasteiger partial charge in [0.25, 0.3) is 5.78 Å². The molecule has 2 aliphatic rings. The molecule has 1 saturated heterocycles. The Morgan fingerprint density at radius 1 is 1.26 bits per heavy atom. The Kier molecular flexibility index (Phi) is 4.43. The van der Waals surface area contributed by atoms with Crippen LogP contribution in [0, 0.1) is 5.92 Å². The lowest BCUT2D eigenvalue weighted by Gasteiger charge is -2.30. The van der Waals surface area contributed by atoms with Gasteiger partial charge in [0.05, 0.1) is 36.9 Å². The third-order valence-corrected chi connectivity index (χ3v) is 4.57. The Hall–Kier alpha value is -2.21. The first-order chi connectivity index (χ1) is 11.1. The van der Waals surface area contributed by atoms with Crippen LogP contribution < -0.4 is 9.80 Å². The predicted octanol–water partition coefficient (Wildman–Crippen LogP) is 0.0314. The molecule has 0 aliphatic carbocycles. The zero-order valence-corrected chi connectivity index (χ0v) is 13.2. The van der Waals surface area contributed by atoms with Gasteiger partial charge in [0.15, 0.2) is 6.67 Å². The number of esters is 1. The lowest BCUT2D eigenvalue weighted by molar-refractivity contribution is -0.904. The zero-order valence-electron chi connectivity index (χ0n) is 13.2. The minimum atomic E-state index is -0.453. The molecule has 1 N–H and O–H groups in total. The molecule has 1 aromatic carbocycles. The van der Waals surface area contributed by atoms with Crippen molar-refractivity contribution in [1.82, 2.24) is 0 Å². The molecule has 1 fully saturated rings. The molecule has 23 heavy (non-hydrogen) atoms.